The van der Waals surface area contributed by atoms with E-state index in [1.807, 2.05) is 26.8 Å². The van der Waals surface area contributed by atoms with Gasteiger partial charge in [0.1, 0.15) is 0 Å². The lowest BCUT2D eigenvalue weighted by Gasteiger charge is -2.23. The molecule has 0 spiro atoms. The number of allylic oxidation sites excluding steroid dienone is 12. The van der Waals surface area contributed by atoms with Crippen LogP contribution in [0.2, 0.25) is 0 Å². The minimum Gasteiger partial charge on any atom is -0.309 e. The summed E-state index contributed by atoms with van der Waals surface area (Å²) in [6.07, 6.45) is 30.5. The lowest BCUT2D eigenvalue weighted by molar-refractivity contribution is 0.658. The Labute approximate surface area is 404 Å². The van der Waals surface area contributed by atoms with Crippen LogP contribution in [0.25, 0.3) is 55.8 Å². The first-order valence-electron chi connectivity index (χ1n) is 24.8. The first-order valence-corrected chi connectivity index (χ1v) is 24.8. The Morgan fingerprint density at radius 2 is 1.24 bits per heavy atom. The van der Waals surface area contributed by atoms with E-state index in [-0.39, 0.29) is 5.41 Å². The summed E-state index contributed by atoms with van der Waals surface area (Å²) in [5.74, 6) is 0. The first-order chi connectivity index (χ1) is 32.7. The molecule has 342 valence electrons. The van der Waals surface area contributed by atoms with Crippen molar-refractivity contribution in [3.63, 3.8) is 0 Å². The summed E-state index contributed by atoms with van der Waals surface area (Å²) >= 11 is 0. The highest BCUT2D eigenvalue weighted by molar-refractivity contribution is 6.09. The van der Waals surface area contributed by atoms with Gasteiger partial charge in [0.2, 0.25) is 0 Å². The molecule has 67 heavy (non-hydrogen) atoms. The SMILES string of the molecule is C=CC(=C\CCC)/C(/C=C\c1ccccc1-c1cc(C)ccc1C)=C/C=C/C.CC.CCC/C=C\C=C/CCc1ccc2c(c1)C(C)(C)c1cc(-n3c4ccccc4c4ccccc43)ccc1-2. The predicted molar refractivity (Wildman–Crippen MR) is 298 cm³/mol. The van der Waals surface area contributed by atoms with Gasteiger partial charge in [0, 0.05) is 21.9 Å². The van der Waals surface area contributed by atoms with Crippen molar-refractivity contribution in [2.24, 2.45) is 0 Å². The minimum absolute atomic E-state index is 0.0336. The molecule has 6 aromatic carbocycles. The van der Waals surface area contributed by atoms with E-state index in [0.29, 0.717) is 0 Å². The predicted octanol–water partition coefficient (Wildman–Crippen LogP) is 19.4. The Hall–Kier alpha value is -6.70. The van der Waals surface area contributed by atoms with Crippen molar-refractivity contribution in [2.75, 3.05) is 0 Å². The largest absolute Gasteiger partial charge is 0.309 e. The molecule has 1 aromatic heterocycles. The second kappa shape index (κ2) is 24.2. The van der Waals surface area contributed by atoms with Crippen LogP contribution >= 0.6 is 0 Å². The fraction of sp³-hybridized carbons (Fsp3) is 0.242. The monoisotopic (exact) mass is 880 g/mol. The molecule has 0 saturated carbocycles. The highest BCUT2D eigenvalue weighted by Gasteiger charge is 2.36. The quantitative estimate of drug-likeness (QED) is 0.0905. The topological polar surface area (TPSA) is 4.93 Å². The average molecular weight is 880 g/mol. The van der Waals surface area contributed by atoms with Crippen LogP contribution in [-0.4, -0.2) is 4.57 Å². The van der Waals surface area contributed by atoms with Gasteiger partial charge in [0.15, 0.2) is 0 Å². The van der Waals surface area contributed by atoms with Gasteiger partial charge in [0.05, 0.1) is 11.0 Å². The third-order valence-corrected chi connectivity index (χ3v) is 12.8. The Morgan fingerprint density at radius 1 is 0.612 bits per heavy atom. The molecule has 1 heteroatoms. The summed E-state index contributed by atoms with van der Waals surface area (Å²) < 4.78 is 2.43. The Balaban J connectivity index is 0.000000222. The number of rotatable bonds is 15. The molecular weight excluding hydrogens is 807 g/mol. The zero-order chi connectivity index (χ0) is 47.8. The molecule has 0 amide bonds. The molecule has 7 aromatic rings. The molecule has 0 aliphatic heterocycles. The highest BCUT2D eigenvalue weighted by atomic mass is 15.0. The van der Waals surface area contributed by atoms with Crippen LogP contribution in [0.5, 0.6) is 0 Å². The molecule has 0 saturated heterocycles. The fourth-order valence-corrected chi connectivity index (χ4v) is 9.19. The maximum atomic E-state index is 4.02. The third kappa shape index (κ3) is 11.6. The molecular formula is C66H73N. The number of aromatic nitrogens is 1. The zero-order valence-electron chi connectivity index (χ0n) is 41.9. The smallest absolute Gasteiger partial charge is 0.0541 e. The first kappa shape index (κ1) is 49.7. The van der Waals surface area contributed by atoms with Crippen molar-refractivity contribution in [1.82, 2.24) is 4.57 Å². The van der Waals surface area contributed by atoms with E-state index in [0.717, 1.165) is 32.1 Å². The molecule has 0 fully saturated rings. The molecule has 1 aliphatic carbocycles. The van der Waals surface area contributed by atoms with Crippen molar-refractivity contribution in [2.45, 2.75) is 106 Å². The van der Waals surface area contributed by atoms with Gasteiger partial charge in [-0.2, -0.15) is 0 Å². The molecule has 0 bridgehead atoms. The van der Waals surface area contributed by atoms with E-state index in [4.69, 9.17) is 0 Å². The third-order valence-electron chi connectivity index (χ3n) is 12.8. The fourth-order valence-electron chi connectivity index (χ4n) is 9.19. The van der Waals surface area contributed by atoms with Crippen molar-refractivity contribution in [1.29, 1.82) is 0 Å². The van der Waals surface area contributed by atoms with Crippen LogP contribution in [0.4, 0.5) is 0 Å². The van der Waals surface area contributed by atoms with Gasteiger partial charge in [-0.1, -0.05) is 236 Å². The molecule has 1 heterocycles. The number of hydrogen-bond acceptors (Lipinski definition) is 0. The van der Waals surface area contributed by atoms with Crippen LogP contribution in [0.1, 0.15) is 114 Å². The molecule has 0 N–H and O–H groups in total. The zero-order valence-corrected chi connectivity index (χ0v) is 41.9. The minimum atomic E-state index is -0.0336. The van der Waals surface area contributed by atoms with E-state index in [9.17, 15) is 0 Å². The average Bonchev–Trinajstić information content (AvgIpc) is 3.81. The van der Waals surface area contributed by atoms with Crippen LogP contribution < -0.4 is 0 Å². The van der Waals surface area contributed by atoms with Gasteiger partial charge in [-0.25, -0.2) is 0 Å². The van der Waals surface area contributed by atoms with Crippen LogP contribution in [0.15, 0.2) is 206 Å². The van der Waals surface area contributed by atoms with Crippen LogP contribution in [0, 0.1) is 13.8 Å². The molecule has 0 atom stereocenters. The molecule has 1 aliphatic rings. The van der Waals surface area contributed by atoms with E-state index in [1.165, 1.54) is 101 Å². The summed E-state index contributed by atoms with van der Waals surface area (Å²) in [5.41, 5.74) is 19.5. The standard InChI is InChI=1S/C36H35N.C28H32.C2H6/c1-4-5-6-7-8-9-10-15-26-20-22-28-29-23-21-27(25-33(29)36(2,3)32(28)24-26)37-34-18-13-11-16-30(34)31-17-12-14-19-35(31)37;1-6-9-13-24(8-3)25(14-10-7-2)19-20-26-15-11-12-16-27(26)28-21-22(4)17-18-23(28)5;1-2/h6-9,11-14,16-25H,4-5,10,15H2,1-3H3;7-8,10-21H,3,6,9H2,1-2,4-5H3;1-2H3/b7-6-,9-8-;10-7+,20-19-,24-13+,25-14+;. The second-order valence-electron chi connectivity index (χ2n) is 17.8. The highest BCUT2D eigenvalue weighted by Crippen LogP contribution is 2.50. The van der Waals surface area contributed by atoms with Gasteiger partial charge in [-0.05, 0) is 132 Å². The number of nitrogens with zero attached hydrogens (tertiary/aromatic N) is 1. The van der Waals surface area contributed by atoms with Crippen molar-refractivity contribution in [3.8, 4) is 27.9 Å². The van der Waals surface area contributed by atoms with E-state index >= 15 is 0 Å². The second-order valence-corrected chi connectivity index (χ2v) is 17.8. The van der Waals surface area contributed by atoms with E-state index < -0.39 is 0 Å². The number of benzene rings is 6. The Morgan fingerprint density at radius 3 is 1.91 bits per heavy atom. The molecule has 0 radical (unpaired) electrons. The summed E-state index contributed by atoms with van der Waals surface area (Å²) in [6, 6.07) is 47.0. The van der Waals surface area contributed by atoms with Crippen molar-refractivity contribution >= 4 is 27.9 Å². The van der Waals surface area contributed by atoms with Gasteiger partial charge >= 0.3 is 0 Å². The summed E-state index contributed by atoms with van der Waals surface area (Å²) in [6.45, 7) is 23.6. The number of para-hydroxylation sites is 2. The van der Waals surface area contributed by atoms with E-state index in [2.05, 4.69) is 241 Å². The lowest BCUT2D eigenvalue weighted by atomic mass is 9.81. The molecule has 1 nitrogen and oxygen atoms in total. The summed E-state index contributed by atoms with van der Waals surface area (Å²) in [7, 11) is 0. The maximum Gasteiger partial charge on any atom is 0.0541 e. The Bertz CT molecular complexity index is 2910. The van der Waals surface area contributed by atoms with Crippen LogP contribution in [0.3, 0.4) is 0 Å². The normalized spacial score (nSPS) is 13.3. The van der Waals surface area contributed by atoms with Gasteiger partial charge in [-0.15, -0.1) is 0 Å². The maximum absolute atomic E-state index is 4.02. The molecule has 0 unspecified atom stereocenters. The van der Waals surface area contributed by atoms with E-state index in [1.54, 1.807) is 0 Å². The van der Waals surface area contributed by atoms with Gasteiger partial charge in [0.25, 0.3) is 0 Å². The van der Waals surface area contributed by atoms with Crippen LogP contribution in [-0.2, 0) is 11.8 Å². The van der Waals surface area contributed by atoms with Gasteiger partial charge in [-0.3, -0.25) is 0 Å². The summed E-state index contributed by atoms with van der Waals surface area (Å²) in [5, 5.41) is 2.61. The number of fused-ring (bicyclic) bond motifs is 6. The van der Waals surface area contributed by atoms with Gasteiger partial charge < -0.3 is 4.57 Å². The Kier molecular flexibility index (Phi) is 17.9. The number of hydrogen-bond donors (Lipinski definition) is 0. The number of aryl methyl sites for hydroxylation is 3. The number of unbranched alkanes of at least 4 members (excludes halogenated alkanes) is 2. The van der Waals surface area contributed by atoms with Crippen molar-refractivity contribution in [3.05, 3.63) is 239 Å². The van der Waals surface area contributed by atoms with Crippen molar-refractivity contribution < 1.29 is 0 Å². The summed E-state index contributed by atoms with van der Waals surface area (Å²) in [4.78, 5) is 0. The molecule has 8 rings (SSSR count). The lowest BCUT2D eigenvalue weighted by Crippen LogP contribution is -2.15.